The Bertz CT molecular complexity index is 1580. The van der Waals surface area contributed by atoms with Gasteiger partial charge in [-0.25, -0.2) is 18.4 Å². The minimum absolute atomic E-state index is 0.0280. The van der Waals surface area contributed by atoms with Gasteiger partial charge in [-0.2, -0.15) is 18.2 Å². The fourth-order valence-electron chi connectivity index (χ4n) is 4.64. The van der Waals surface area contributed by atoms with Gasteiger partial charge in [0, 0.05) is 22.2 Å². The molecule has 6 rings (SSSR count). The monoisotopic (exact) mass is 569 g/mol. The maximum Gasteiger partial charge on any atom is 0.450 e. The van der Waals surface area contributed by atoms with E-state index >= 15 is 0 Å². The lowest BCUT2D eigenvalue weighted by Gasteiger charge is -2.26. The molecule has 0 saturated carbocycles. The van der Waals surface area contributed by atoms with Crippen LogP contribution in [0, 0.1) is 11.6 Å². The predicted molar refractivity (Wildman–Crippen MR) is 122 cm³/mol. The van der Waals surface area contributed by atoms with Crippen LogP contribution in [-0.4, -0.2) is 30.0 Å². The highest BCUT2D eigenvalue weighted by atomic mass is 35.5. The zero-order valence-corrected chi connectivity index (χ0v) is 19.8. The first kappa shape index (κ1) is 25.2. The van der Waals surface area contributed by atoms with Gasteiger partial charge in [0.1, 0.15) is 11.6 Å². The molecule has 9 nitrogen and oxygen atoms in total. The Labute approximate surface area is 219 Å². The molecule has 3 aliphatic heterocycles. The Morgan fingerprint density at radius 2 is 1.85 bits per heavy atom. The van der Waals surface area contributed by atoms with E-state index in [-0.39, 0.29) is 50.8 Å². The molecule has 2 atom stereocenters. The minimum Gasteiger partial charge on any atom is -0.453 e. The van der Waals surface area contributed by atoms with Crippen molar-refractivity contribution in [1.82, 2.24) is 5.32 Å². The molecule has 3 aromatic carbocycles. The molecule has 3 aromatic rings. The summed E-state index contributed by atoms with van der Waals surface area (Å²) < 4.78 is 79.8. The predicted octanol–water partition coefficient (Wildman–Crippen LogP) is 4.87. The molecule has 0 bridgehead atoms. The van der Waals surface area contributed by atoms with Crippen molar-refractivity contribution in [2.24, 2.45) is 0 Å². The number of alkyl halides is 3. The number of nitrogens with zero attached hydrogens (tertiary/aromatic N) is 1. The van der Waals surface area contributed by atoms with Crippen LogP contribution in [0.1, 0.15) is 33.1 Å². The number of fused-ring (bicyclic) bond motifs is 4. The third kappa shape index (κ3) is 3.74. The fourth-order valence-corrected chi connectivity index (χ4v) is 4.87. The molecule has 39 heavy (non-hydrogen) atoms. The van der Waals surface area contributed by atoms with Crippen molar-refractivity contribution in [1.29, 1.82) is 0 Å². The SMILES string of the molecule is O=C1N[C@H](c2cc(F)ccc2Cl)c2c(NC(=O)N3O[C@](O)(C(F)(F)F)c4cc(F)ccc43)cc3c(c21)OCO3. The molecule has 3 amide bonds. The van der Waals surface area contributed by atoms with Crippen LogP contribution in [0.3, 0.4) is 0 Å². The van der Waals surface area contributed by atoms with E-state index < -0.39 is 52.8 Å². The average molecular weight is 570 g/mol. The smallest absolute Gasteiger partial charge is 0.450 e. The maximum absolute atomic E-state index is 14.1. The van der Waals surface area contributed by atoms with E-state index in [1.54, 1.807) is 0 Å². The number of carbonyl (C=O) groups excluding carboxylic acids is 2. The Balaban J connectivity index is 1.45. The number of aliphatic hydroxyl groups is 1. The molecular weight excluding hydrogens is 557 g/mol. The van der Waals surface area contributed by atoms with Crippen molar-refractivity contribution in [3.8, 4) is 11.5 Å². The second-order valence-corrected chi connectivity index (χ2v) is 9.05. The third-order valence-corrected chi connectivity index (χ3v) is 6.68. The Morgan fingerprint density at radius 1 is 1.13 bits per heavy atom. The summed E-state index contributed by atoms with van der Waals surface area (Å²) in [6.07, 6.45) is -5.46. The van der Waals surface area contributed by atoms with Gasteiger partial charge in [-0.1, -0.05) is 11.6 Å². The van der Waals surface area contributed by atoms with Crippen molar-refractivity contribution in [2.75, 3.05) is 17.2 Å². The van der Waals surface area contributed by atoms with Crippen molar-refractivity contribution < 1.29 is 51.0 Å². The van der Waals surface area contributed by atoms with Gasteiger partial charge in [-0.05, 0) is 36.4 Å². The number of ether oxygens (including phenoxy) is 2. The van der Waals surface area contributed by atoms with E-state index in [9.17, 15) is 36.6 Å². The lowest BCUT2D eigenvalue weighted by atomic mass is 9.95. The number of benzene rings is 3. The molecule has 0 saturated heterocycles. The number of halogens is 6. The van der Waals surface area contributed by atoms with Crippen LogP contribution >= 0.6 is 11.6 Å². The lowest BCUT2D eigenvalue weighted by molar-refractivity contribution is -0.367. The summed E-state index contributed by atoms with van der Waals surface area (Å²) in [6, 6.07) is 4.17. The fraction of sp³-hybridized carbons (Fsp3) is 0.167. The van der Waals surface area contributed by atoms with E-state index in [0.717, 1.165) is 24.3 Å². The first-order chi connectivity index (χ1) is 18.4. The van der Waals surface area contributed by atoms with Crippen LogP contribution in [-0.2, 0) is 10.6 Å². The molecule has 0 spiro atoms. The van der Waals surface area contributed by atoms with Crippen LogP contribution in [0.25, 0.3) is 0 Å². The lowest BCUT2D eigenvalue weighted by Crippen LogP contribution is -2.46. The molecule has 15 heteroatoms. The highest BCUT2D eigenvalue weighted by molar-refractivity contribution is 6.31. The number of nitrogens with one attached hydrogen (secondary N) is 2. The normalized spacial score (nSPS) is 21.1. The van der Waals surface area contributed by atoms with Gasteiger partial charge in [0.2, 0.25) is 6.79 Å². The summed E-state index contributed by atoms with van der Waals surface area (Å²) in [4.78, 5) is 30.9. The van der Waals surface area contributed by atoms with Crippen LogP contribution in [0.4, 0.5) is 38.1 Å². The summed E-state index contributed by atoms with van der Waals surface area (Å²) in [6.45, 7) is -0.273. The largest absolute Gasteiger partial charge is 0.453 e. The van der Waals surface area contributed by atoms with Gasteiger partial charge < -0.3 is 25.2 Å². The molecule has 0 radical (unpaired) electrons. The summed E-state index contributed by atoms with van der Waals surface area (Å²) in [5.41, 5.74) is -1.72. The van der Waals surface area contributed by atoms with Crippen LogP contribution in [0.15, 0.2) is 42.5 Å². The Hall–Kier alpha value is -4.14. The maximum atomic E-state index is 14.1. The van der Waals surface area contributed by atoms with E-state index in [1.165, 1.54) is 12.1 Å². The molecule has 0 aromatic heterocycles. The molecule has 0 fully saturated rings. The van der Waals surface area contributed by atoms with E-state index in [4.69, 9.17) is 21.1 Å². The highest BCUT2D eigenvalue weighted by Crippen LogP contribution is 2.51. The van der Waals surface area contributed by atoms with Crippen LogP contribution in [0.2, 0.25) is 5.02 Å². The number of hydroxylamine groups is 1. The quantitative estimate of drug-likeness (QED) is 0.380. The number of hydrogen-bond donors (Lipinski definition) is 3. The van der Waals surface area contributed by atoms with Crippen LogP contribution in [0.5, 0.6) is 11.5 Å². The number of rotatable bonds is 2. The molecular formula is C24H13ClF5N3O6. The molecule has 0 unspecified atom stereocenters. The number of urea groups is 1. The molecule has 3 heterocycles. The summed E-state index contributed by atoms with van der Waals surface area (Å²) in [7, 11) is 0. The first-order valence-corrected chi connectivity index (χ1v) is 11.4. The number of carbonyl (C=O) groups is 2. The molecule has 202 valence electrons. The van der Waals surface area contributed by atoms with Crippen molar-refractivity contribution >= 4 is 34.9 Å². The van der Waals surface area contributed by atoms with Crippen LogP contribution < -0.4 is 25.2 Å². The van der Waals surface area contributed by atoms with Gasteiger partial charge in [-0.3, -0.25) is 4.79 Å². The van der Waals surface area contributed by atoms with E-state index in [1.807, 2.05) is 0 Å². The first-order valence-electron chi connectivity index (χ1n) is 11.0. The summed E-state index contributed by atoms with van der Waals surface area (Å²) >= 11 is 6.26. The Morgan fingerprint density at radius 3 is 2.59 bits per heavy atom. The second kappa shape index (κ2) is 8.43. The second-order valence-electron chi connectivity index (χ2n) is 8.64. The van der Waals surface area contributed by atoms with E-state index in [0.29, 0.717) is 6.07 Å². The molecule has 3 N–H and O–H groups in total. The van der Waals surface area contributed by atoms with Crippen molar-refractivity contribution in [2.45, 2.75) is 18.0 Å². The van der Waals surface area contributed by atoms with Gasteiger partial charge in [0.25, 0.3) is 5.91 Å². The standard InChI is InChI=1S/C24H13ClF5N3O6/c25-13-3-1-9(26)5-11(13)19-17-14(7-16-20(38-8-37-16)18(17)21(34)32-19)31-22(35)33-15-4-2-10(27)6-12(15)23(36,39-33)24(28,29)30/h1-7,19,36H,8H2,(H,31,35)(H,32,34)/t19-,23+/m1/s1. The zero-order chi connectivity index (χ0) is 27.9. The van der Waals surface area contributed by atoms with Gasteiger partial charge in [0.05, 0.1) is 28.5 Å². The van der Waals surface area contributed by atoms with Gasteiger partial charge in [-0.15, -0.1) is 0 Å². The van der Waals surface area contributed by atoms with Gasteiger partial charge in [0.15, 0.2) is 11.5 Å². The Kier molecular flexibility index (Phi) is 5.44. The topological polar surface area (TPSA) is 109 Å². The van der Waals surface area contributed by atoms with Gasteiger partial charge >= 0.3 is 18.0 Å². The zero-order valence-electron chi connectivity index (χ0n) is 19.0. The highest BCUT2D eigenvalue weighted by Gasteiger charge is 2.64. The molecule has 0 aliphatic carbocycles. The molecule has 3 aliphatic rings. The third-order valence-electron chi connectivity index (χ3n) is 6.34. The number of anilines is 2. The van der Waals surface area contributed by atoms with E-state index in [2.05, 4.69) is 15.5 Å². The summed E-state index contributed by atoms with van der Waals surface area (Å²) in [5.74, 6) is -6.45. The summed E-state index contributed by atoms with van der Waals surface area (Å²) in [5, 5.41) is 15.4. The number of hydrogen-bond acceptors (Lipinski definition) is 6. The number of amides is 3. The minimum atomic E-state index is -5.46. The van der Waals surface area contributed by atoms with Crippen molar-refractivity contribution in [3.63, 3.8) is 0 Å². The average Bonchev–Trinajstić information content (AvgIpc) is 3.55. The van der Waals surface area contributed by atoms with Crippen molar-refractivity contribution in [3.05, 3.63) is 81.4 Å².